The average Bonchev–Trinajstić information content (AvgIpc) is 3.04. The summed E-state index contributed by atoms with van der Waals surface area (Å²) in [6.07, 6.45) is 0. The lowest BCUT2D eigenvalue weighted by atomic mass is 9.59. The van der Waals surface area contributed by atoms with Gasteiger partial charge in [-0.15, -0.1) is 16.4 Å². The number of benzene rings is 3. The zero-order valence-corrected chi connectivity index (χ0v) is 14.2. The van der Waals surface area contributed by atoms with E-state index in [1.54, 1.807) is 7.11 Å². The minimum atomic E-state index is 0.166. The molecule has 0 saturated heterocycles. The molecule has 0 N–H and O–H groups in total. The first-order valence-electron chi connectivity index (χ1n) is 7.95. The zero-order chi connectivity index (χ0) is 18.6. The van der Waals surface area contributed by atoms with Crippen molar-refractivity contribution in [3.8, 4) is 16.9 Å². The van der Waals surface area contributed by atoms with Gasteiger partial charge in [0.05, 0.1) is 12.7 Å². The number of methoxy groups -OCH3 is 1. The van der Waals surface area contributed by atoms with E-state index in [2.05, 4.69) is 0 Å². The molecule has 4 aromatic rings. The lowest BCUT2D eigenvalue weighted by Gasteiger charge is -2.22. The molecule has 0 atom stereocenters. The van der Waals surface area contributed by atoms with Crippen LogP contribution in [-0.2, 0) is 0 Å². The maximum absolute atomic E-state index is 6.26. The van der Waals surface area contributed by atoms with Gasteiger partial charge in [-0.25, -0.2) is 0 Å². The fourth-order valence-corrected chi connectivity index (χ4v) is 3.30. The van der Waals surface area contributed by atoms with E-state index >= 15 is 0 Å². The Kier molecular flexibility index (Phi) is 3.98. The maximum atomic E-state index is 6.26. The topological polar surface area (TPSA) is 22.4 Å². The highest BCUT2D eigenvalue weighted by molar-refractivity contribution is 6.68. The van der Waals surface area contributed by atoms with Crippen LogP contribution in [0.2, 0.25) is 0 Å². The molecule has 26 heavy (non-hydrogen) atoms. The van der Waals surface area contributed by atoms with Gasteiger partial charge in [-0.1, -0.05) is 29.1 Å². The van der Waals surface area contributed by atoms with Gasteiger partial charge in [0, 0.05) is 10.8 Å². The van der Waals surface area contributed by atoms with Crippen molar-refractivity contribution in [1.82, 2.24) is 0 Å². The molecule has 0 amide bonds. The largest absolute Gasteiger partial charge is 0.496 e. The SMILES string of the molecule is [B]c1c([B])c([B])c(-c2c(OC)ccc3c2oc2ccccc23)c([B])c1[B]. The number of fused-ring (bicyclic) bond motifs is 3. The highest BCUT2D eigenvalue weighted by Crippen LogP contribution is 2.39. The first-order valence-corrected chi connectivity index (χ1v) is 7.95. The summed E-state index contributed by atoms with van der Waals surface area (Å²) < 4.78 is 11.6. The molecular weight excluding hydrogens is 314 g/mol. The Morgan fingerprint density at radius 2 is 1.31 bits per heavy atom. The maximum Gasteiger partial charge on any atom is 0.146 e. The first kappa shape index (κ1) is 17.0. The molecule has 0 aliphatic heterocycles. The molecule has 7 heteroatoms. The third-order valence-electron chi connectivity index (χ3n) is 4.68. The summed E-state index contributed by atoms with van der Waals surface area (Å²) in [5.74, 6) is 0.540. The number of para-hydroxylation sites is 1. The van der Waals surface area contributed by atoms with E-state index < -0.39 is 0 Å². The molecule has 3 aromatic carbocycles. The number of hydrogen-bond acceptors (Lipinski definition) is 2. The molecule has 0 bridgehead atoms. The molecule has 0 saturated carbocycles. The smallest absolute Gasteiger partial charge is 0.146 e. The van der Waals surface area contributed by atoms with Gasteiger partial charge < -0.3 is 9.15 Å². The van der Waals surface area contributed by atoms with Gasteiger partial charge in [-0.3, -0.25) is 0 Å². The van der Waals surface area contributed by atoms with Crippen molar-refractivity contribution < 1.29 is 9.15 Å². The predicted octanol–water partition coefficient (Wildman–Crippen LogP) is -0.769. The number of hydrogen-bond donors (Lipinski definition) is 0. The van der Waals surface area contributed by atoms with E-state index in [1.165, 1.54) is 0 Å². The fraction of sp³-hybridized carbons (Fsp3) is 0.0526. The Labute approximate surface area is 158 Å². The molecule has 0 unspecified atom stereocenters. The zero-order valence-electron chi connectivity index (χ0n) is 14.2. The molecule has 0 fully saturated rings. The molecule has 0 aliphatic rings. The molecule has 2 nitrogen and oxygen atoms in total. The van der Waals surface area contributed by atoms with Crippen LogP contribution in [0.1, 0.15) is 0 Å². The lowest BCUT2D eigenvalue weighted by molar-refractivity contribution is 0.416. The Hall–Kier alpha value is -2.42. The van der Waals surface area contributed by atoms with Crippen LogP contribution in [0.25, 0.3) is 33.1 Å². The number of ether oxygens (including phenoxy) is 1. The van der Waals surface area contributed by atoms with Gasteiger partial charge >= 0.3 is 0 Å². The summed E-state index contributed by atoms with van der Waals surface area (Å²) in [5, 5.41) is 1.88. The molecule has 0 spiro atoms. The quantitative estimate of drug-likeness (QED) is 0.452. The minimum Gasteiger partial charge on any atom is -0.496 e. The van der Waals surface area contributed by atoms with Crippen molar-refractivity contribution in [2.75, 3.05) is 7.11 Å². The highest BCUT2D eigenvalue weighted by atomic mass is 16.5. The minimum absolute atomic E-state index is 0.166. The third kappa shape index (κ3) is 2.26. The number of rotatable bonds is 2. The average molecular weight is 323 g/mol. The highest BCUT2D eigenvalue weighted by Gasteiger charge is 2.21. The van der Waals surface area contributed by atoms with Gasteiger partial charge in [-0.05, 0) is 23.8 Å². The monoisotopic (exact) mass is 324 g/mol. The normalized spacial score (nSPS) is 11.3. The second kappa shape index (κ2) is 6.08. The van der Waals surface area contributed by atoms with E-state index in [1.807, 2.05) is 36.4 Å². The fourth-order valence-electron chi connectivity index (χ4n) is 3.30. The van der Waals surface area contributed by atoms with E-state index in [0.717, 1.165) is 16.4 Å². The van der Waals surface area contributed by atoms with Crippen LogP contribution in [0, 0.1) is 0 Å². The molecular formula is C19H9B5O2. The van der Waals surface area contributed by atoms with Gasteiger partial charge in [0.15, 0.2) is 0 Å². The van der Waals surface area contributed by atoms with Crippen LogP contribution in [0.5, 0.6) is 5.75 Å². The summed E-state index contributed by atoms with van der Waals surface area (Å²) in [5.41, 5.74) is 3.38. The Morgan fingerprint density at radius 1 is 0.692 bits per heavy atom. The van der Waals surface area contributed by atoms with Crippen molar-refractivity contribution in [3.63, 3.8) is 0 Å². The van der Waals surface area contributed by atoms with Gasteiger partial charge in [-0.2, -0.15) is 0 Å². The molecule has 10 radical (unpaired) electrons. The van der Waals surface area contributed by atoms with Crippen LogP contribution in [0.3, 0.4) is 0 Å². The Bertz CT molecular complexity index is 1150. The first-order chi connectivity index (χ1) is 12.5. The van der Waals surface area contributed by atoms with Crippen LogP contribution in [-0.4, -0.2) is 46.3 Å². The van der Waals surface area contributed by atoms with Gasteiger partial charge in [0.2, 0.25) is 0 Å². The molecule has 0 aliphatic carbocycles. The van der Waals surface area contributed by atoms with Crippen LogP contribution < -0.4 is 32.1 Å². The molecule has 112 valence electrons. The van der Waals surface area contributed by atoms with Crippen molar-refractivity contribution in [2.24, 2.45) is 0 Å². The predicted molar refractivity (Wildman–Crippen MR) is 113 cm³/mol. The molecule has 1 aromatic heterocycles. The summed E-state index contributed by atoms with van der Waals surface area (Å²) >= 11 is 0. The second-order valence-corrected chi connectivity index (χ2v) is 6.06. The summed E-state index contributed by atoms with van der Waals surface area (Å²) in [6, 6.07) is 11.5. The molecule has 4 rings (SSSR count). The Balaban J connectivity index is 2.22. The number of furan rings is 1. The van der Waals surface area contributed by atoms with E-state index in [4.69, 9.17) is 48.4 Å². The van der Waals surface area contributed by atoms with E-state index in [0.29, 0.717) is 22.5 Å². The van der Waals surface area contributed by atoms with Crippen molar-refractivity contribution in [2.45, 2.75) is 0 Å². The molecule has 1 heterocycles. The van der Waals surface area contributed by atoms with Crippen molar-refractivity contribution in [3.05, 3.63) is 36.4 Å². The van der Waals surface area contributed by atoms with Crippen LogP contribution in [0.4, 0.5) is 0 Å². The van der Waals surface area contributed by atoms with Crippen molar-refractivity contribution >= 4 is 88.5 Å². The summed E-state index contributed by atoms with van der Waals surface area (Å²) in [7, 11) is 32.1. The van der Waals surface area contributed by atoms with Crippen LogP contribution >= 0.6 is 0 Å². The Morgan fingerprint density at radius 3 is 1.96 bits per heavy atom. The standard InChI is InChI=1S/C19H9B5O2/c1-25-11-7-6-9-8-4-2-3-5-10(8)26-19(9)12(11)13-14(20)16(22)18(24)17(23)15(13)21/h2-7H,1H3. The summed E-state index contributed by atoms with van der Waals surface area (Å²) in [4.78, 5) is 0. The second-order valence-electron chi connectivity index (χ2n) is 6.06. The van der Waals surface area contributed by atoms with Crippen molar-refractivity contribution in [1.29, 1.82) is 0 Å². The van der Waals surface area contributed by atoms with E-state index in [-0.39, 0.29) is 27.3 Å². The van der Waals surface area contributed by atoms with Gasteiger partial charge in [0.1, 0.15) is 56.1 Å². The van der Waals surface area contributed by atoms with E-state index in [9.17, 15) is 0 Å². The van der Waals surface area contributed by atoms with Crippen LogP contribution in [0.15, 0.2) is 40.8 Å². The third-order valence-corrected chi connectivity index (χ3v) is 4.68. The summed E-state index contributed by atoms with van der Waals surface area (Å²) in [6.45, 7) is 0. The van der Waals surface area contributed by atoms with Gasteiger partial charge in [0.25, 0.3) is 0 Å². The lowest BCUT2D eigenvalue weighted by Crippen LogP contribution is -2.55.